The molecule has 4 nitrogen and oxygen atoms in total. The van der Waals surface area contributed by atoms with Gasteiger partial charge < -0.3 is 14.7 Å². The first-order valence-electron chi connectivity index (χ1n) is 6.81. The van der Waals surface area contributed by atoms with Crippen LogP contribution in [-0.2, 0) is 4.79 Å². The van der Waals surface area contributed by atoms with Gasteiger partial charge in [-0.2, -0.15) is 0 Å². The number of amides is 1. The summed E-state index contributed by atoms with van der Waals surface area (Å²) in [6.07, 6.45) is 0.297. The van der Waals surface area contributed by atoms with Gasteiger partial charge >= 0.3 is 0 Å². The van der Waals surface area contributed by atoms with Crippen LogP contribution in [0.25, 0.3) is 0 Å². The van der Waals surface area contributed by atoms with Gasteiger partial charge in [-0.1, -0.05) is 12.1 Å². The average Bonchev–Trinajstić information content (AvgIpc) is 2.47. The van der Waals surface area contributed by atoms with Crippen molar-refractivity contribution < 1.29 is 14.6 Å². The number of hydrogen-bond acceptors (Lipinski definition) is 3. The first-order valence-corrected chi connectivity index (χ1v) is 6.81. The highest BCUT2D eigenvalue weighted by molar-refractivity contribution is 5.92. The fraction of sp³-hybridized carbons (Fsp3) is 0.235. The van der Waals surface area contributed by atoms with Crippen molar-refractivity contribution in [2.75, 3.05) is 18.6 Å². The molecule has 1 N–H and O–H groups in total. The molecule has 0 aliphatic heterocycles. The van der Waals surface area contributed by atoms with E-state index in [1.54, 1.807) is 36.2 Å². The Morgan fingerprint density at radius 1 is 1.19 bits per heavy atom. The Morgan fingerprint density at radius 2 is 1.90 bits per heavy atom. The van der Waals surface area contributed by atoms with Crippen LogP contribution >= 0.6 is 0 Å². The van der Waals surface area contributed by atoms with Crippen LogP contribution in [0.4, 0.5) is 5.69 Å². The van der Waals surface area contributed by atoms with E-state index >= 15 is 0 Å². The van der Waals surface area contributed by atoms with Gasteiger partial charge in [0.05, 0.1) is 13.0 Å². The fourth-order valence-electron chi connectivity index (χ4n) is 1.95. The Bertz CT molecular complexity index is 608. The number of carbonyl (C=O) groups excluding carboxylic acids is 1. The number of benzene rings is 2. The highest BCUT2D eigenvalue weighted by atomic mass is 16.5. The number of ether oxygens (including phenoxy) is 1. The van der Waals surface area contributed by atoms with Gasteiger partial charge in [0, 0.05) is 12.7 Å². The Kier molecular flexibility index (Phi) is 4.82. The molecule has 0 fully saturated rings. The van der Waals surface area contributed by atoms with Crippen molar-refractivity contribution >= 4 is 11.6 Å². The van der Waals surface area contributed by atoms with Crippen LogP contribution < -0.4 is 9.64 Å². The number of rotatable bonds is 5. The van der Waals surface area contributed by atoms with E-state index in [0.29, 0.717) is 13.0 Å². The Balaban J connectivity index is 1.85. The van der Waals surface area contributed by atoms with Crippen LogP contribution in [-0.4, -0.2) is 24.7 Å². The molecule has 0 saturated carbocycles. The molecule has 0 aliphatic rings. The summed E-state index contributed by atoms with van der Waals surface area (Å²) in [7, 11) is 1.71. The summed E-state index contributed by atoms with van der Waals surface area (Å²) in [4.78, 5) is 13.6. The minimum absolute atomic E-state index is 0.0339. The van der Waals surface area contributed by atoms with Gasteiger partial charge in [0.2, 0.25) is 5.91 Å². The van der Waals surface area contributed by atoms with Gasteiger partial charge in [0.1, 0.15) is 11.5 Å². The summed E-state index contributed by atoms with van der Waals surface area (Å²) in [5, 5.41) is 9.24. The van der Waals surface area contributed by atoms with Crippen LogP contribution in [0.15, 0.2) is 48.5 Å². The molecule has 21 heavy (non-hydrogen) atoms. The number of nitrogens with zero attached hydrogens (tertiary/aromatic N) is 1. The van der Waals surface area contributed by atoms with Crippen molar-refractivity contribution in [3.8, 4) is 11.5 Å². The lowest BCUT2D eigenvalue weighted by Crippen LogP contribution is -2.27. The lowest BCUT2D eigenvalue weighted by Gasteiger charge is -2.17. The van der Waals surface area contributed by atoms with Crippen molar-refractivity contribution in [1.82, 2.24) is 0 Å². The lowest BCUT2D eigenvalue weighted by atomic mass is 10.2. The van der Waals surface area contributed by atoms with E-state index in [-0.39, 0.29) is 11.7 Å². The van der Waals surface area contributed by atoms with E-state index in [2.05, 4.69) is 0 Å². The largest absolute Gasteiger partial charge is 0.508 e. The minimum atomic E-state index is -0.0339. The summed E-state index contributed by atoms with van der Waals surface area (Å²) < 4.78 is 5.58. The van der Waals surface area contributed by atoms with Crippen molar-refractivity contribution in [3.63, 3.8) is 0 Å². The molecule has 2 rings (SSSR count). The molecule has 2 aromatic rings. The Hall–Kier alpha value is -2.49. The second-order valence-electron chi connectivity index (χ2n) is 4.88. The molecule has 0 saturated heterocycles. The molecule has 1 amide bonds. The molecule has 4 heteroatoms. The quantitative estimate of drug-likeness (QED) is 0.918. The van der Waals surface area contributed by atoms with Crippen LogP contribution in [0, 0.1) is 6.92 Å². The second kappa shape index (κ2) is 6.79. The number of aromatic hydroxyl groups is 1. The summed E-state index contributed by atoms with van der Waals surface area (Å²) in [6, 6.07) is 14.3. The van der Waals surface area contributed by atoms with E-state index < -0.39 is 0 Å². The number of phenols is 1. The van der Waals surface area contributed by atoms with E-state index in [0.717, 1.165) is 17.0 Å². The number of phenolic OH excluding ortho intramolecular Hbond substituents is 1. The summed E-state index contributed by atoms with van der Waals surface area (Å²) >= 11 is 0. The smallest absolute Gasteiger partial charge is 0.230 e. The van der Waals surface area contributed by atoms with Gasteiger partial charge in [0.15, 0.2) is 0 Å². The van der Waals surface area contributed by atoms with E-state index in [4.69, 9.17) is 4.74 Å². The maximum atomic E-state index is 12.1. The molecule has 0 aliphatic carbocycles. The highest BCUT2D eigenvalue weighted by Gasteiger charge is 2.11. The maximum Gasteiger partial charge on any atom is 0.230 e. The molecule has 0 aromatic heterocycles. The monoisotopic (exact) mass is 285 g/mol. The van der Waals surface area contributed by atoms with E-state index in [9.17, 15) is 9.90 Å². The summed E-state index contributed by atoms with van der Waals surface area (Å²) in [6.45, 7) is 2.33. The normalized spacial score (nSPS) is 10.2. The van der Waals surface area contributed by atoms with Gasteiger partial charge in [-0.3, -0.25) is 4.79 Å². The average molecular weight is 285 g/mol. The third kappa shape index (κ3) is 4.24. The predicted octanol–water partition coefficient (Wildman–Crippen LogP) is 3.13. The van der Waals surface area contributed by atoms with E-state index in [1.807, 2.05) is 31.2 Å². The second-order valence-corrected chi connectivity index (χ2v) is 4.88. The van der Waals surface area contributed by atoms with Crippen LogP contribution in [0.5, 0.6) is 11.5 Å². The first kappa shape index (κ1) is 14.9. The van der Waals surface area contributed by atoms with Crippen LogP contribution in [0.1, 0.15) is 12.0 Å². The Morgan fingerprint density at radius 3 is 2.57 bits per heavy atom. The van der Waals surface area contributed by atoms with Crippen LogP contribution in [0.3, 0.4) is 0 Å². The van der Waals surface area contributed by atoms with Gasteiger partial charge in [-0.05, 0) is 48.9 Å². The minimum Gasteiger partial charge on any atom is -0.508 e. The third-order valence-corrected chi connectivity index (χ3v) is 3.19. The van der Waals surface area contributed by atoms with Crippen molar-refractivity contribution in [3.05, 3.63) is 54.1 Å². The molecule has 2 aromatic carbocycles. The standard InChI is InChI=1S/C17H19NO3/c1-13-4-3-5-16(12-13)21-11-10-17(20)18(2)14-6-8-15(19)9-7-14/h3-9,12,19H,10-11H2,1-2H3. The zero-order valence-corrected chi connectivity index (χ0v) is 12.2. The number of hydrogen-bond donors (Lipinski definition) is 1. The van der Waals surface area contributed by atoms with Gasteiger partial charge in [-0.15, -0.1) is 0 Å². The molecule has 0 heterocycles. The highest BCUT2D eigenvalue weighted by Crippen LogP contribution is 2.18. The molecule has 0 atom stereocenters. The fourth-order valence-corrected chi connectivity index (χ4v) is 1.95. The van der Waals surface area contributed by atoms with Crippen molar-refractivity contribution in [2.24, 2.45) is 0 Å². The third-order valence-electron chi connectivity index (χ3n) is 3.19. The molecule has 110 valence electrons. The number of aryl methyl sites for hydroxylation is 1. The number of anilines is 1. The SMILES string of the molecule is Cc1cccc(OCCC(=O)N(C)c2ccc(O)cc2)c1. The maximum absolute atomic E-state index is 12.1. The van der Waals surface area contributed by atoms with Crippen molar-refractivity contribution in [1.29, 1.82) is 0 Å². The van der Waals surface area contributed by atoms with E-state index in [1.165, 1.54) is 0 Å². The number of carbonyl (C=O) groups is 1. The topological polar surface area (TPSA) is 49.8 Å². The zero-order valence-electron chi connectivity index (χ0n) is 12.2. The predicted molar refractivity (Wildman–Crippen MR) is 82.8 cm³/mol. The molecular formula is C17H19NO3. The molecule has 0 spiro atoms. The molecular weight excluding hydrogens is 266 g/mol. The zero-order chi connectivity index (χ0) is 15.2. The first-order chi connectivity index (χ1) is 10.1. The lowest BCUT2D eigenvalue weighted by molar-refractivity contribution is -0.118. The summed E-state index contributed by atoms with van der Waals surface area (Å²) in [5.41, 5.74) is 1.87. The molecule has 0 bridgehead atoms. The van der Waals surface area contributed by atoms with Gasteiger partial charge in [-0.25, -0.2) is 0 Å². The van der Waals surface area contributed by atoms with Crippen molar-refractivity contribution in [2.45, 2.75) is 13.3 Å². The molecule has 0 unspecified atom stereocenters. The Labute approximate surface area is 124 Å². The van der Waals surface area contributed by atoms with Crippen LogP contribution in [0.2, 0.25) is 0 Å². The van der Waals surface area contributed by atoms with Gasteiger partial charge in [0.25, 0.3) is 0 Å². The summed E-state index contributed by atoms with van der Waals surface area (Å²) in [5.74, 6) is 0.922. The molecule has 0 radical (unpaired) electrons.